The maximum atomic E-state index is 5.88. The van der Waals surface area contributed by atoms with E-state index in [9.17, 15) is 0 Å². The lowest BCUT2D eigenvalue weighted by Gasteiger charge is -2.05. The summed E-state index contributed by atoms with van der Waals surface area (Å²) in [6.07, 6.45) is 1.000. The summed E-state index contributed by atoms with van der Waals surface area (Å²) >= 11 is 7.65. The van der Waals surface area contributed by atoms with E-state index >= 15 is 0 Å². The van der Waals surface area contributed by atoms with Crippen LogP contribution in [0, 0.1) is 0 Å². The first-order valence-corrected chi connectivity index (χ1v) is 7.93. The molecule has 0 saturated carbocycles. The maximum absolute atomic E-state index is 5.88. The zero-order valence-electron chi connectivity index (χ0n) is 10.9. The van der Waals surface area contributed by atoms with Crippen molar-refractivity contribution in [3.63, 3.8) is 0 Å². The molecule has 20 heavy (non-hydrogen) atoms. The van der Waals surface area contributed by atoms with Gasteiger partial charge in [0.2, 0.25) is 0 Å². The van der Waals surface area contributed by atoms with Crippen LogP contribution in [0.2, 0.25) is 5.02 Å². The zero-order chi connectivity index (χ0) is 13.8. The number of nitrogens with one attached hydrogen (secondary N) is 1. The number of nitrogens with zero attached hydrogens (tertiary/aromatic N) is 1. The maximum Gasteiger partial charge on any atom is 0.161 e. The van der Waals surface area contributed by atoms with Gasteiger partial charge in [-0.15, -0.1) is 0 Å². The van der Waals surface area contributed by atoms with Gasteiger partial charge in [-0.3, -0.25) is 4.99 Å². The molecule has 2 nitrogen and oxygen atoms in total. The number of hydrogen-bond donors (Lipinski definition) is 1. The molecule has 0 aliphatic carbocycles. The molecule has 0 amide bonds. The van der Waals surface area contributed by atoms with Crippen molar-refractivity contribution >= 4 is 34.2 Å². The Hall–Kier alpha value is -1.45. The molecule has 4 heteroatoms. The van der Waals surface area contributed by atoms with Gasteiger partial charge in [0.05, 0.1) is 6.04 Å². The third-order valence-electron chi connectivity index (χ3n) is 3.12. The molecular formula is C16H15ClN2S. The molecule has 0 fully saturated rings. The van der Waals surface area contributed by atoms with Gasteiger partial charge in [0, 0.05) is 16.5 Å². The molecule has 1 heterocycles. The highest BCUT2D eigenvalue weighted by atomic mass is 35.5. The smallest absolute Gasteiger partial charge is 0.161 e. The predicted octanol–water partition coefficient (Wildman–Crippen LogP) is 4.47. The van der Waals surface area contributed by atoms with Gasteiger partial charge in [0.25, 0.3) is 0 Å². The minimum absolute atomic E-state index is 0.359. The lowest BCUT2D eigenvalue weighted by Crippen LogP contribution is -2.08. The van der Waals surface area contributed by atoms with Crippen molar-refractivity contribution in [1.82, 2.24) is 0 Å². The zero-order valence-corrected chi connectivity index (χ0v) is 12.5. The first-order valence-electron chi connectivity index (χ1n) is 6.57. The summed E-state index contributed by atoms with van der Waals surface area (Å²) in [5.41, 5.74) is 2.37. The molecule has 1 N–H and O–H groups in total. The van der Waals surface area contributed by atoms with Gasteiger partial charge in [-0.05, 0) is 36.2 Å². The summed E-state index contributed by atoms with van der Waals surface area (Å²) in [6.45, 7) is 0. The molecule has 1 atom stereocenters. The van der Waals surface area contributed by atoms with Crippen LogP contribution in [0.25, 0.3) is 0 Å². The van der Waals surface area contributed by atoms with Crippen LogP contribution in [-0.2, 0) is 6.42 Å². The van der Waals surface area contributed by atoms with Gasteiger partial charge in [0.15, 0.2) is 5.17 Å². The van der Waals surface area contributed by atoms with E-state index in [-0.39, 0.29) is 0 Å². The summed E-state index contributed by atoms with van der Waals surface area (Å²) in [7, 11) is 0. The Balaban J connectivity index is 1.62. The number of aliphatic imine (C=N–C) groups is 1. The number of halogens is 1. The van der Waals surface area contributed by atoms with Crippen molar-refractivity contribution in [2.75, 3.05) is 11.1 Å². The third kappa shape index (κ3) is 3.56. The summed E-state index contributed by atoms with van der Waals surface area (Å²) in [5.74, 6) is 1.03. The Bertz CT molecular complexity index is 596. The van der Waals surface area contributed by atoms with Crippen LogP contribution in [0.4, 0.5) is 5.69 Å². The summed E-state index contributed by atoms with van der Waals surface area (Å²) in [4.78, 5) is 4.74. The van der Waals surface area contributed by atoms with Gasteiger partial charge in [-0.1, -0.05) is 53.7 Å². The number of rotatable bonds is 3. The number of anilines is 1. The Labute approximate surface area is 128 Å². The molecule has 102 valence electrons. The monoisotopic (exact) mass is 302 g/mol. The molecule has 0 bridgehead atoms. The van der Waals surface area contributed by atoms with Gasteiger partial charge in [0.1, 0.15) is 0 Å². The Kier molecular flexibility index (Phi) is 4.28. The Morgan fingerprint density at radius 3 is 2.60 bits per heavy atom. The highest BCUT2D eigenvalue weighted by molar-refractivity contribution is 8.14. The largest absolute Gasteiger partial charge is 0.335 e. The quantitative estimate of drug-likeness (QED) is 0.905. The van der Waals surface area contributed by atoms with Gasteiger partial charge in [-0.2, -0.15) is 0 Å². The molecule has 1 aliphatic heterocycles. The van der Waals surface area contributed by atoms with Crippen molar-refractivity contribution < 1.29 is 0 Å². The van der Waals surface area contributed by atoms with Crippen molar-refractivity contribution in [1.29, 1.82) is 0 Å². The van der Waals surface area contributed by atoms with E-state index in [1.807, 2.05) is 30.3 Å². The molecule has 0 saturated heterocycles. The van der Waals surface area contributed by atoms with Crippen LogP contribution in [0.15, 0.2) is 59.6 Å². The van der Waals surface area contributed by atoms with Gasteiger partial charge < -0.3 is 5.32 Å². The number of hydrogen-bond acceptors (Lipinski definition) is 3. The van der Waals surface area contributed by atoms with Crippen molar-refractivity contribution in [3.8, 4) is 0 Å². The van der Waals surface area contributed by atoms with Crippen LogP contribution in [-0.4, -0.2) is 17.0 Å². The first kappa shape index (κ1) is 13.5. The average molecular weight is 303 g/mol. The molecular weight excluding hydrogens is 288 g/mol. The van der Waals surface area contributed by atoms with E-state index in [0.29, 0.717) is 6.04 Å². The second-order valence-corrected chi connectivity index (χ2v) is 6.17. The standard InChI is InChI=1S/C16H15ClN2S/c17-13-6-8-14(9-7-13)18-16-19-15(11-20-16)10-12-4-2-1-3-5-12/h1-9,15H,10-11H2,(H,18,19). The normalized spacial score (nSPS) is 17.9. The van der Waals surface area contributed by atoms with Crippen molar-refractivity contribution in [2.24, 2.45) is 4.99 Å². The fraction of sp³-hybridized carbons (Fsp3) is 0.188. The topological polar surface area (TPSA) is 24.4 Å². The highest BCUT2D eigenvalue weighted by Crippen LogP contribution is 2.23. The van der Waals surface area contributed by atoms with Crippen molar-refractivity contribution in [3.05, 3.63) is 65.2 Å². The molecule has 0 aromatic heterocycles. The lowest BCUT2D eigenvalue weighted by molar-refractivity contribution is 0.762. The summed E-state index contributed by atoms with van der Waals surface area (Å²) in [6, 6.07) is 18.6. The number of thioether (sulfide) groups is 1. The van der Waals surface area contributed by atoms with Crippen LogP contribution in [0.3, 0.4) is 0 Å². The van der Waals surface area contributed by atoms with Crippen LogP contribution >= 0.6 is 23.4 Å². The summed E-state index contributed by atoms with van der Waals surface area (Å²) < 4.78 is 0. The Morgan fingerprint density at radius 2 is 1.85 bits per heavy atom. The molecule has 1 aliphatic rings. The molecule has 2 aromatic carbocycles. The SMILES string of the molecule is Clc1ccc(NC2=NC(Cc3ccccc3)CS2)cc1. The Morgan fingerprint density at radius 1 is 1.10 bits per heavy atom. The predicted molar refractivity (Wildman–Crippen MR) is 88.9 cm³/mol. The van der Waals surface area contributed by atoms with E-state index in [0.717, 1.165) is 28.1 Å². The van der Waals surface area contributed by atoms with Crippen LogP contribution in [0.5, 0.6) is 0 Å². The van der Waals surface area contributed by atoms with E-state index in [1.165, 1.54) is 5.56 Å². The third-order valence-corrected chi connectivity index (χ3v) is 4.41. The average Bonchev–Trinajstić information content (AvgIpc) is 2.90. The van der Waals surface area contributed by atoms with Gasteiger partial charge in [-0.25, -0.2) is 0 Å². The van der Waals surface area contributed by atoms with E-state index in [2.05, 4.69) is 29.6 Å². The molecule has 3 rings (SSSR count). The highest BCUT2D eigenvalue weighted by Gasteiger charge is 2.18. The van der Waals surface area contributed by atoms with Crippen molar-refractivity contribution in [2.45, 2.75) is 12.5 Å². The van der Waals surface area contributed by atoms with E-state index in [1.54, 1.807) is 11.8 Å². The van der Waals surface area contributed by atoms with E-state index in [4.69, 9.17) is 16.6 Å². The second kappa shape index (κ2) is 6.33. The number of benzene rings is 2. The fourth-order valence-corrected chi connectivity index (χ4v) is 3.21. The molecule has 1 unspecified atom stereocenters. The minimum atomic E-state index is 0.359. The summed E-state index contributed by atoms with van der Waals surface area (Å²) in [5, 5.41) is 5.08. The van der Waals surface area contributed by atoms with Gasteiger partial charge >= 0.3 is 0 Å². The molecule has 0 spiro atoms. The molecule has 0 radical (unpaired) electrons. The van der Waals surface area contributed by atoms with E-state index < -0.39 is 0 Å². The lowest BCUT2D eigenvalue weighted by atomic mass is 10.1. The minimum Gasteiger partial charge on any atom is -0.335 e. The molecule has 2 aromatic rings. The van der Waals surface area contributed by atoms with Crippen LogP contribution < -0.4 is 5.32 Å². The fourth-order valence-electron chi connectivity index (χ4n) is 2.13. The first-order chi connectivity index (χ1) is 9.79. The second-order valence-electron chi connectivity index (χ2n) is 4.72. The number of amidine groups is 1. The van der Waals surface area contributed by atoms with Crippen LogP contribution in [0.1, 0.15) is 5.56 Å².